The first-order valence-electron chi connectivity index (χ1n) is 44.2. The van der Waals surface area contributed by atoms with Gasteiger partial charge in [0.15, 0.2) is 5.58 Å². The Hall–Kier alpha value is -16.4. The van der Waals surface area contributed by atoms with Gasteiger partial charge >= 0.3 is 0 Å². The Morgan fingerprint density at radius 2 is 0.481 bits per heavy atom. The Morgan fingerprint density at radius 3 is 1.00 bits per heavy atom. The van der Waals surface area contributed by atoms with Gasteiger partial charge in [0.1, 0.15) is 5.58 Å². The van der Waals surface area contributed by atoms with E-state index in [9.17, 15) is 0 Å². The van der Waals surface area contributed by atoms with Crippen LogP contribution in [0.3, 0.4) is 0 Å². The lowest BCUT2D eigenvalue weighted by molar-refractivity contribution is 0.670. The minimum atomic E-state index is 0.949. The Balaban J connectivity index is 0.0000000881. The van der Waals surface area contributed by atoms with E-state index in [1.807, 2.05) is 23.5 Å². The van der Waals surface area contributed by atoms with E-state index in [2.05, 4.69) is 478 Å². The maximum atomic E-state index is 6.16. The van der Waals surface area contributed by atoms with Crippen molar-refractivity contribution >= 4 is 228 Å². The molecule has 0 spiro atoms. The number of aromatic nitrogens is 8. The van der Waals surface area contributed by atoms with Crippen molar-refractivity contribution in [2.24, 2.45) is 35.2 Å². The Morgan fingerprint density at radius 1 is 0.178 bits per heavy atom. The zero-order valence-electron chi connectivity index (χ0n) is 71.7. The molecular formula is C119H84N8OS. The lowest BCUT2D eigenvalue weighted by Crippen LogP contribution is -1.96. The maximum absolute atomic E-state index is 6.16. The normalized spacial score (nSPS) is 11.9. The van der Waals surface area contributed by atoms with Crippen LogP contribution < -0.4 is 0 Å². The maximum Gasteiger partial charge on any atom is 0.159 e. The third-order valence-corrected chi connectivity index (χ3v) is 28.4. The third kappa shape index (κ3) is 11.7. The summed E-state index contributed by atoms with van der Waals surface area (Å²) in [6.07, 6.45) is 0. The van der Waals surface area contributed by atoms with Gasteiger partial charge in [-0.15, -0.1) is 11.3 Å². The zero-order chi connectivity index (χ0) is 85.8. The second kappa shape index (κ2) is 29.9. The van der Waals surface area contributed by atoms with E-state index in [0.717, 1.165) is 11.2 Å². The van der Waals surface area contributed by atoms with Crippen molar-refractivity contribution in [1.82, 2.24) is 36.5 Å². The van der Waals surface area contributed by atoms with Crippen LogP contribution in [0.1, 0.15) is 0 Å². The van der Waals surface area contributed by atoms with Crippen LogP contribution in [0, 0.1) is 0 Å². The molecule has 0 radical (unpaired) electrons. The Kier molecular flexibility index (Phi) is 17.4. The van der Waals surface area contributed by atoms with Crippen LogP contribution in [0.5, 0.6) is 0 Å². The lowest BCUT2D eigenvalue weighted by atomic mass is 10.0. The first-order chi connectivity index (χ1) is 63.6. The molecule has 0 saturated heterocycles. The lowest BCUT2D eigenvalue weighted by Gasteiger charge is -2.09. The predicted octanol–water partition coefficient (Wildman–Crippen LogP) is 31.9. The number of thiophene rings is 1. The summed E-state index contributed by atoms with van der Waals surface area (Å²) in [6.45, 7) is 0. The van der Waals surface area contributed by atoms with Gasteiger partial charge in [-0.3, -0.25) is 0 Å². The molecule has 19 aromatic carbocycles. The summed E-state index contributed by atoms with van der Waals surface area (Å²) in [7, 11) is 10.8. The monoisotopic (exact) mass is 1670 g/mol. The highest BCUT2D eigenvalue weighted by molar-refractivity contribution is 7.26. The van der Waals surface area contributed by atoms with Crippen LogP contribution in [0.4, 0.5) is 0 Å². The molecule has 0 aliphatic heterocycles. The number of hydrogen-bond donors (Lipinski definition) is 0. The summed E-state index contributed by atoms with van der Waals surface area (Å²) in [4.78, 5) is 0. The van der Waals surface area contributed by atoms with E-state index in [4.69, 9.17) is 4.42 Å². The highest BCUT2D eigenvalue weighted by Gasteiger charge is 2.23. The van der Waals surface area contributed by atoms with Gasteiger partial charge < -0.3 is 41.0 Å². The van der Waals surface area contributed by atoms with Crippen molar-refractivity contribution < 1.29 is 4.42 Å². The molecule has 0 fully saturated rings. The number of rotatable bonds is 4. The zero-order valence-corrected chi connectivity index (χ0v) is 72.5. The largest absolute Gasteiger partial charge is 0.454 e. The molecule has 0 N–H and O–H groups in total. The summed E-state index contributed by atoms with van der Waals surface area (Å²) < 4.78 is 27.5. The molecule has 0 saturated carbocycles. The molecule has 10 heteroatoms. The number of hydrogen-bond acceptors (Lipinski definition) is 2. The molecule has 612 valence electrons. The summed E-state index contributed by atoms with van der Waals surface area (Å²) in [5, 5.41) is 25.9. The molecule has 9 nitrogen and oxygen atoms in total. The predicted molar refractivity (Wildman–Crippen MR) is 551 cm³/mol. The van der Waals surface area contributed by atoms with Gasteiger partial charge in [-0.25, -0.2) is 0 Å². The van der Waals surface area contributed by atoms with Crippen molar-refractivity contribution in [2.75, 3.05) is 0 Å². The minimum Gasteiger partial charge on any atom is -0.454 e. The summed E-state index contributed by atoms with van der Waals surface area (Å²) in [6, 6.07) is 150. The van der Waals surface area contributed by atoms with Crippen LogP contribution in [0.25, 0.3) is 245 Å². The molecule has 0 atom stereocenters. The Labute approximate surface area is 745 Å². The Bertz CT molecular complexity index is 9360. The van der Waals surface area contributed by atoms with Crippen molar-refractivity contribution in [3.63, 3.8) is 0 Å². The number of nitrogens with zero attached hydrogens (tertiary/aromatic N) is 8. The van der Waals surface area contributed by atoms with Crippen LogP contribution in [0.15, 0.2) is 423 Å². The summed E-state index contributed by atoms with van der Waals surface area (Å²) in [5.74, 6) is 0. The van der Waals surface area contributed by atoms with Crippen molar-refractivity contribution in [3.8, 4) is 28.2 Å². The number of aryl methyl sites for hydroxylation is 5. The van der Waals surface area contributed by atoms with Crippen molar-refractivity contribution in [3.05, 3.63) is 419 Å². The number of para-hydroxylation sites is 12. The number of benzene rings is 19. The fourth-order valence-corrected chi connectivity index (χ4v) is 22.6. The van der Waals surface area contributed by atoms with Gasteiger partial charge in [-0.2, -0.15) is 0 Å². The second-order valence-electron chi connectivity index (χ2n) is 34.0. The molecule has 129 heavy (non-hydrogen) atoms. The molecule has 0 amide bonds. The third-order valence-electron chi connectivity index (χ3n) is 27.2. The summed E-state index contributed by atoms with van der Waals surface area (Å²) >= 11 is 1.90. The molecule has 0 aliphatic carbocycles. The minimum absolute atomic E-state index is 0.949. The quantitative estimate of drug-likeness (QED) is 0.173. The topological polar surface area (TPSA) is 52.6 Å². The fraction of sp³-hybridized carbons (Fsp3) is 0.0420. The van der Waals surface area contributed by atoms with E-state index in [1.165, 1.54) is 234 Å². The van der Waals surface area contributed by atoms with Gasteiger partial charge in [0.05, 0.1) is 54.4 Å². The standard InChI is InChI=1S/C31H22N2.2C25H18N2.C19H13NO.C19H13NS/c1-32-28-13-7-5-11-24(28)26-19-21(15-17-29(26)32)22-16-18-31-27(20-22)25-12-6-8-14-30(25)33(31)23-9-3-2-4-10-23;1-26-22-11-5-2-10-20(22)21-16-17(14-15-23(21)26)27-24-12-6-3-8-18(24)19-9-4-7-13-25(19)27;1-26-22-13-7-5-11-18(22)20-15-16-21-19-12-6-8-14-23(19)27(25(21)24(20)26)17-9-3-2-4-10-17;2*1-20-16-8-4-2-6-12(16)14-10-11-15-13-7-3-5-9-17(13)21-19(15)18(14)20/h2-20H,1H3;2*2-16H,1H3;2*2-11H,1H3. The number of furan rings is 1. The SMILES string of the molecule is Cn1c2ccccc2c2cc(-c3ccc4c(c3)c3ccccc3n4-c3ccccc3)ccc21.Cn1c2ccccc2c2cc(-n3c4ccccc4c4ccccc43)ccc21.Cn1c2ccccc2c2ccc3c4ccccc4n(-c4ccccc4)c3c21.Cn1c2ccccc2c2ccc3c4ccccc4oc3c21.Cn1c2ccccc2c2ccc3c4ccccc4sc3c21. The van der Waals surface area contributed by atoms with E-state index < -0.39 is 0 Å². The summed E-state index contributed by atoms with van der Waals surface area (Å²) in [5.41, 5.74) is 28.2. The average molecular weight is 1670 g/mol. The average Bonchev–Trinajstić information content (AvgIpc) is 1.55. The fourth-order valence-electron chi connectivity index (χ4n) is 21.3. The van der Waals surface area contributed by atoms with E-state index in [0.29, 0.717) is 0 Å². The van der Waals surface area contributed by atoms with Crippen molar-refractivity contribution in [1.29, 1.82) is 0 Å². The second-order valence-corrected chi connectivity index (χ2v) is 35.1. The first-order valence-corrected chi connectivity index (χ1v) is 45.0. The molecule has 10 heterocycles. The van der Waals surface area contributed by atoms with Gasteiger partial charge in [0, 0.05) is 203 Å². The smallest absolute Gasteiger partial charge is 0.159 e. The number of fused-ring (bicyclic) bond motifs is 33. The molecule has 0 aliphatic rings. The molecule has 29 aromatic rings. The van der Waals surface area contributed by atoms with E-state index >= 15 is 0 Å². The molecule has 0 bridgehead atoms. The molecule has 29 rings (SSSR count). The van der Waals surface area contributed by atoms with Crippen LogP contribution in [-0.2, 0) is 35.2 Å². The van der Waals surface area contributed by atoms with Crippen molar-refractivity contribution in [2.45, 2.75) is 0 Å². The molecule has 10 aromatic heterocycles. The van der Waals surface area contributed by atoms with Gasteiger partial charge in [-0.1, -0.05) is 279 Å². The molecular weight excluding hydrogens is 1590 g/mol. The van der Waals surface area contributed by atoms with Gasteiger partial charge in [0.25, 0.3) is 0 Å². The van der Waals surface area contributed by atoms with Crippen LogP contribution >= 0.6 is 11.3 Å². The highest BCUT2D eigenvalue weighted by atomic mass is 32.1. The first kappa shape index (κ1) is 75.2. The van der Waals surface area contributed by atoms with E-state index in [1.54, 1.807) is 0 Å². The van der Waals surface area contributed by atoms with Crippen LogP contribution in [-0.4, -0.2) is 36.5 Å². The highest BCUT2D eigenvalue weighted by Crippen LogP contribution is 2.46. The van der Waals surface area contributed by atoms with Gasteiger partial charge in [0.2, 0.25) is 0 Å². The van der Waals surface area contributed by atoms with E-state index in [-0.39, 0.29) is 0 Å². The van der Waals surface area contributed by atoms with Crippen LogP contribution in [0.2, 0.25) is 0 Å². The molecule has 0 unspecified atom stereocenters. The van der Waals surface area contributed by atoms with Gasteiger partial charge in [-0.05, 0) is 151 Å².